The van der Waals surface area contributed by atoms with Crippen molar-refractivity contribution in [3.05, 3.63) is 47.2 Å². The number of furan rings is 1. The monoisotopic (exact) mass is 369 g/mol. The molecule has 2 aromatic rings. The number of likely N-dealkylation sites (tertiary alicyclic amines) is 1. The fourth-order valence-electron chi connectivity index (χ4n) is 4.29. The van der Waals surface area contributed by atoms with Gasteiger partial charge in [-0.3, -0.25) is 9.59 Å². The molecule has 1 aromatic carbocycles. The lowest BCUT2D eigenvalue weighted by atomic mass is 9.74. The minimum absolute atomic E-state index is 0.168. The van der Waals surface area contributed by atoms with Crippen molar-refractivity contribution in [2.24, 2.45) is 11.3 Å². The summed E-state index contributed by atoms with van der Waals surface area (Å²) >= 11 is 0. The molecule has 1 aromatic heterocycles. The number of amides is 1. The third-order valence-electron chi connectivity index (χ3n) is 6.06. The predicted octanol–water partition coefficient (Wildman–Crippen LogP) is 3.13. The number of hydrogen-bond donors (Lipinski definition) is 1. The van der Waals surface area contributed by atoms with E-state index in [0.29, 0.717) is 43.3 Å². The quantitative estimate of drug-likeness (QED) is 0.899. The van der Waals surface area contributed by atoms with E-state index in [1.54, 1.807) is 4.90 Å². The molecule has 0 saturated carbocycles. The number of benzene rings is 1. The number of carboxylic acid groups (broad SMARTS) is 1. The van der Waals surface area contributed by atoms with Crippen molar-refractivity contribution in [2.45, 2.75) is 20.3 Å². The van der Waals surface area contributed by atoms with Gasteiger partial charge in [-0.1, -0.05) is 30.3 Å². The van der Waals surface area contributed by atoms with Crippen LogP contribution in [0, 0.1) is 25.2 Å². The van der Waals surface area contributed by atoms with E-state index in [4.69, 9.17) is 9.15 Å². The number of fused-ring (bicyclic) bond motifs is 1. The molecule has 0 bridgehead atoms. The first kappa shape index (κ1) is 17.8. The van der Waals surface area contributed by atoms with Crippen molar-refractivity contribution >= 4 is 11.9 Å². The number of aryl methyl sites for hydroxylation is 1. The topological polar surface area (TPSA) is 80.0 Å². The summed E-state index contributed by atoms with van der Waals surface area (Å²) in [5.74, 6) is 0.0603. The van der Waals surface area contributed by atoms with Crippen LogP contribution in [-0.2, 0) is 9.53 Å². The van der Waals surface area contributed by atoms with Crippen LogP contribution in [0.2, 0.25) is 0 Å². The molecular formula is C21H23NO5. The Bertz CT molecular complexity index is 887. The van der Waals surface area contributed by atoms with Crippen molar-refractivity contribution < 1.29 is 23.8 Å². The standard InChI is InChI=1S/C21H23NO5/c1-13-14(2)27-18(15-6-4-3-5-7-15)17(13)19(23)22-10-16-11-26-9-8-21(16,12-22)20(24)25/h3-7,16H,8-12H2,1-2H3,(H,24,25)/t16-,21+/m0/s1. The average Bonchev–Trinajstić information content (AvgIpc) is 3.21. The molecule has 0 radical (unpaired) electrons. The third kappa shape index (κ3) is 2.75. The molecule has 4 rings (SSSR count). The summed E-state index contributed by atoms with van der Waals surface area (Å²) in [4.78, 5) is 27.1. The first-order chi connectivity index (χ1) is 12.9. The fraction of sp³-hybridized carbons (Fsp3) is 0.429. The average molecular weight is 369 g/mol. The third-order valence-corrected chi connectivity index (χ3v) is 6.06. The van der Waals surface area contributed by atoms with Gasteiger partial charge in [-0.25, -0.2) is 0 Å². The number of rotatable bonds is 3. The minimum Gasteiger partial charge on any atom is -0.481 e. The molecule has 6 heteroatoms. The van der Waals surface area contributed by atoms with Gasteiger partial charge in [-0.15, -0.1) is 0 Å². The van der Waals surface area contributed by atoms with Gasteiger partial charge in [-0.2, -0.15) is 0 Å². The van der Waals surface area contributed by atoms with E-state index >= 15 is 0 Å². The Morgan fingerprint density at radius 3 is 2.63 bits per heavy atom. The summed E-state index contributed by atoms with van der Waals surface area (Å²) in [5, 5.41) is 9.85. The zero-order valence-electron chi connectivity index (χ0n) is 15.5. The first-order valence-electron chi connectivity index (χ1n) is 9.20. The van der Waals surface area contributed by atoms with E-state index in [1.807, 2.05) is 44.2 Å². The maximum atomic E-state index is 13.4. The Morgan fingerprint density at radius 1 is 1.22 bits per heavy atom. The van der Waals surface area contributed by atoms with Gasteiger partial charge in [0.2, 0.25) is 0 Å². The Labute approximate surface area is 157 Å². The first-order valence-corrected chi connectivity index (χ1v) is 9.20. The molecule has 2 saturated heterocycles. The number of aliphatic carboxylic acids is 1. The van der Waals surface area contributed by atoms with Gasteiger partial charge in [0.1, 0.15) is 11.5 Å². The summed E-state index contributed by atoms with van der Waals surface area (Å²) in [5.41, 5.74) is 1.26. The van der Waals surface area contributed by atoms with Gasteiger partial charge >= 0.3 is 5.97 Å². The Hall–Kier alpha value is -2.60. The van der Waals surface area contributed by atoms with Gasteiger partial charge in [0.15, 0.2) is 0 Å². The molecule has 1 amide bonds. The van der Waals surface area contributed by atoms with Crippen LogP contribution in [0.25, 0.3) is 11.3 Å². The molecule has 2 aliphatic heterocycles. The number of carbonyl (C=O) groups is 2. The maximum Gasteiger partial charge on any atom is 0.311 e. The number of nitrogens with zero attached hydrogens (tertiary/aromatic N) is 1. The second kappa shape index (κ2) is 6.53. The summed E-state index contributed by atoms with van der Waals surface area (Å²) in [6.07, 6.45) is 0.436. The molecule has 142 valence electrons. The van der Waals surface area contributed by atoms with E-state index in [0.717, 1.165) is 11.1 Å². The molecule has 1 N–H and O–H groups in total. The molecule has 27 heavy (non-hydrogen) atoms. The SMILES string of the molecule is Cc1oc(-c2ccccc2)c(C(=O)N2C[C@H]3COCC[C@@]3(C(=O)O)C2)c1C. The van der Waals surface area contributed by atoms with Crippen LogP contribution >= 0.6 is 0 Å². The summed E-state index contributed by atoms with van der Waals surface area (Å²) in [6.45, 7) is 5.12. The van der Waals surface area contributed by atoms with Crippen molar-refractivity contribution in [1.82, 2.24) is 4.90 Å². The van der Waals surface area contributed by atoms with Crippen molar-refractivity contribution in [3.8, 4) is 11.3 Å². The lowest BCUT2D eigenvalue weighted by Gasteiger charge is -2.33. The summed E-state index contributed by atoms with van der Waals surface area (Å²) in [7, 11) is 0. The highest BCUT2D eigenvalue weighted by atomic mass is 16.5. The smallest absolute Gasteiger partial charge is 0.311 e. The molecule has 0 aliphatic carbocycles. The molecule has 0 spiro atoms. The van der Waals surface area contributed by atoms with Gasteiger partial charge in [-0.05, 0) is 20.3 Å². The zero-order chi connectivity index (χ0) is 19.2. The molecule has 2 atom stereocenters. The van der Waals surface area contributed by atoms with E-state index < -0.39 is 11.4 Å². The van der Waals surface area contributed by atoms with Crippen LogP contribution < -0.4 is 0 Å². The van der Waals surface area contributed by atoms with Crippen LogP contribution in [0.1, 0.15) is 28.1 Å². The molecule has 3 heterocycles. The highest BCUT2D eigenvalue weighted by Gasteiger charge is 2.55. The molecule has 2 aliphatic rings. The van der Waals surface area contributed by atoms with Crippen LogP contribution in [0.3, 0.4) is 0 Å². The van der Waals surface area contributed by atoms with Crippen molar-refractivity contribution in [1.29, 1.82) is 0 Å². The normalized spacial score (nSPS) is 24.7. The molecule has 0 unspecified atom stereocenters. The number of hydrogen-bond acceptors (Lipinski definition) is 4. The Morgan fingerprint density at radius 2 is 1.96 bits per heavy atom. The Balaban J connectivity index is 1.71. The number of carboxylic acids is 1. The van der Waals surface area contributed by atoms with E-state index in [-0.39, 0.29) is 18.4 Å². The molecule has 2 fully saturated rings. The lowest BCUT2D eigenvalue weighted by Crippen LogP contribution is -2.45. The van der Waals surface area contributed by atoms with Gasteiger partial charge in [0.05, 0.1) is 17.6 Å². The zero-order valence-corrected chi connectivity index (χ0v) is 15.5. The van der Waals surface area contributed by atoms with Crippen LogP contribution in [0.5, 0.6) is 0 Å². The maximum absolute atomic E-state index is 13.4. The van der Waals surface area contributed by atoms with Gasteiger partial charge in [0.25, 0.3) is 5.91 Å². The summed E-state index contributed by atoms with van der Waals surface area (Å²) < 4.78 is 11.4. The largest absolute Gasteiger partial charge is 0.481 e. The Kier molecular flexibility index (Phi) is 4.30. The van der Waals surface area contributed by atoms with E-state index in [9.17, 15) is 14.7 Å². The van der Waals surface area contributed by atoms with Gasteiger partial charge < -0.3 is 19.2 Å². The highest BCUT2D eigenvalue weighted by molar-refractivity contribution is 6.02. The number of carbonyl (C=O) groups excluding carboxylic acids is 1. The molecular weight excluding hydrogens is 346 g/mol. The van der Waals surface area contributed by atoms with Crippen LogP contribution in [0.15, 0.2) is 34.7 Å². The van der Waals surface area contributed by atoms with Crippen LogP contribution in [-0.4, -0.2) is 48.2 Å². The van der Waals surface area contributed by atoms with Crippen molar-refractivity contribution in [2.75, 3.05) is 26.3 Å². The minimum atomic E-state index is -0.909. The van der Waals surface area contributed by atoms with Crippen LogP contribution in [0.4, 0.5) is 0 Å². The predicted molar refractivity (Wildman–Crippen MR) is 98.5 cm³/mol. The second-order valence-electron chi connectivity index (χ2n) is 7.52. The molecule has 6 nitrogen and oxygen atoms in total. The summed E-state index contributed by atoms with van der Waals surface area (Å²) in [6, 6.07) is 9.53. The van der Waals surface area contributed by atoms with Gasteiger partial charge in [0, 0.05) is 36.7 Å². The second-order valence-corrected chi connectivity index (χ2v) is 7.52. The van der Waals surface area contributed by atoms with E-state index in [1.165, 1.54) is 0 Å². The van der Waals surface area contributed by atoms with Crippen molar-refractivity contribution in [3.63, 3.8) is 0 Å². The highest BCUT2D eigenvalue weighted by Crippen LogP contribution is 2.43. The fourth-order valence-corrected chi connectivity index (χ4v) is 4.29. The number of ether oxygens (including phenoxy) is 1. The van der Waals surface area contributed by atoms with E-state index in [2.05, 4.69) is 0 Å². The lowest BCUT2D eigenvalue weighted by molar-refractivity contribution is -0.157.